The summed E-state index contributed by atoms with van der Waals surface area (Å²) in [5.74, 6) is 1.34. The molecule has 9 heteroatoms. The molecule has 36 heavy (non-hydrogen) atoms. The van der Waals surface area contributed by atoms with Crippen LogP contribution in [0.25, 0.3) is 0 Å². The summed E-state index contributed by atoms with van der Waals surface area (Å²) in [6.07, 6.45) is 0.796. The van der Waals surface area contributed by atoms with Gasteiger partial charge in [-0.05, 0) is 55.8 Å². The highest BCUT2D eigenvalue weighted by Crippen LogP contribution is 2.34. The van der Waals surface area contributed by atoms with E-state index in [9.17, 15) is 14.4 Å². The second-order valence-electron chi connectivity index (χ2n) is 8.39. The number of methoxy groups -OCH3 is 1. The van der Waals surface area contributed by atoms with E-state index in [4.69, 9.17) is 18.6 Å². The van der Waals surface area contributed by atoms with Crippen molar-refractivity contribution in [3.8, 4) is 17.2 Å². The molecule has 0 saturated heterocycles. The number of ether oxygens (including phenoxy) is 3. The van der Waals surface area contributed by atoms with E-state index in [1.165, 1.54) is 4.90 Å². The molecule has 188 valence electrons. The molecule has 9 nitrogen and oxygen atoms in total. The van der Waals surface area contributed by atoms with E-state index in [2.05, 4.69) is 5.32 Å². The molecule has 1 atom stereocenters. The van der Waals surface area contributed by atoms with Gasteiger partial charge in [-0.2, -0.15) is 0 Å². The van der Waals surface area contributed by atoms with Gasteiger partial charge in [0.15, 0.2) is 24.8 Å². The summed E-state index contributed by atoms with van der Waals surface area (Å²) in [5.41, 5.74) is 0.813. The first kappa shape index (κ1) is 24.8. The third-order valence-electron chi connectivity index (χ3n) is 5.82. The average Bonchev–Trinajstić information content (AvgIpc) is 3.37. The van der Waals surface area contributed by atoms with E-state index in [1.807, 2.05) is 13.8 Å². The van der Waals surface area contributed by atoms with Crippen molar-refractivity contribution < 1.29 is 33.0 Å². The van der Waals surface area contributed by atoms with Gasteiger partial charge in [0.2, 0.25) is 0 Å². The lowest BCUT2D eigenvalue weighted by atomic mass is 10.1. The van der Waals surface area contributed by atoms with Crippen LogP contribution < -0.4 is 24.4 Å². The molecule has 1 aliphatic rings. The van der Waals surface area contributed by atoms with Gasteiger partial charge in [-0.15, -0.1) is 0 Å². The van der Waals surface area contributed by atoms with Crippen molar-refractivity contribution in [3.05, 3.63) is 71.7 Å². The molecule has 1 unspecified atom stereocenters. The molecule has 0 bridgehead atoms. The van der Waals surface area contributed by atoms with Gasteiger partial charge < -0.3 is 23.9 Å². The van der Waals surface area contributed by atoms with Crippen LogP contribution >= 0.6 is 0 Å². The number of benzene rings is 2. The zero-order valence-corrected chi connectivity index (χ0v) is 20.4. The Balaban J connectivity index is 1.48. The minimum atomic E-state index is -0.312. The normalized spacial score (nSPS) is 13.4. The smallest absolute Gasteiger partial charge is 0.287 e. The number of furan rings is 1. The van der Waals surface area contributed by atoms with E-state index in [-0.39, 0.29) is 49.2 Å². The lowest BCUT2D eigenvalue weighted by Gasteiger charge is -2.29. The second-order valence-corrected chi connectivity index (χ2v) is 8.39. The minimum absolute atomic E-state index is 0.0163. The van der Waals surface area contributed by atoms with Crippen LogP contribution in [-0.2, 0) is 11.3 Å². The lowest BCUT2D eigenvalue weighted by Crippen LogP contribution is -2.38. The number of amides is 2. The molecule has 1 aromatic heterocycles. The molecule has 0 spiro atoms. The van der Waals surface area contributed by atoms with Gasteiger partial charge in [0.1, 0.15) is 23.0 Å². The first-order valence-electron chi connectivity index (χ1n) is 11.6. The molecule has 2 amide bonds. The maximum atomic E-state index is 12.8. The summed E-state index contributed by atoms with van der Waals surface area (Å²) in [6.45, 7) is 3.65. The summed E-state index contributed by atoms with van der Waals surface area (Å²) in [5, 5.41) is 2.85. The second kappa shape index (κ2) is 11.0. The monoisotopic (exact) mass is 492 g/mol. The van der Waals surface area contributed by atoms with Crippen molar-refractivity contribution in [2.24, 2.45) is 0 Å². The van der Waals surface area contributed by atoms with Gasteiger partial charge in [0, 0.05) is 17.7 Å². The number of Topliss-reactive ketones (excluding diaryl/α,β-unsaturated/α-hetero) is 1. The van der Waals surface area contributed by atoms with Crippen LogP contribution in [0.15, 0.2) is 59.0 Å². The highest BCUT2D eigenvalue weighted by molar-refractivity contribution is 6.02. The molecule has 0 fully saturated rings. The molecule has 1 N–H and O–H groups in total. The number of nitrogens with zero attached hydrogens (tertiary/aromatic N) is 1. The zero-order valence-electron chi connectivity index (χ0n) is 20.4. The highest BCUT2D eigenvalue weighted by atomic mass is 16.5. The predicted octanol–water partition coefficient (Wildman–Crippen LogP) is 4.00. The van der Waals surface area contributed by atoms with Crippen LogP contribution in [0, 0.1) is 0 Å². The predicted molar refractivity (Wildman–Crippen MR) is 132 cm³/mol. The van der Waals surface area contributed by atoms with Gasteiger partial charge in [-0.1, -0.05) is 13.0 Å². The number of hydrogen-bond donors (Lipinski definition) is 1. The summed E-state index contributed by atoms with van der Waals surface area (Å²) in [7, 11) is 1.55. The third-order valence-corrected chi connectivity index (χ3v) is 5.82. The van der Waals surface area contributed by atoms with Crippen molar-refractivity contribution in [2.45, 2.75) is 32.9 Å². The number of rotatable bonds is 10. The minimum Gasteiger partial charge on any atom is -0.497 e. The van der Waals surface area contributed by atoms with Gasteiger partial charge in [0.25, 0.3) is 11.8 Å². The highest BCUT2D eigenvalue weighted by Gasteiger charge is 2.28. The van der Waals surface area contributed by atoms with Gasteiger partial charge in [-0.3, -0.25) is 19.3 Å². The summed E-state index contributed by atoms with van der Waals surface area (Å²) < 4.78 is 22.0. The Bertz CT molecular complexity index is 1270. The Morgan fingerprint density at radius 3 is 2.69 bits per heavy atom. The SMILES string of the molecule is CCC(C)NC(=O)c1ccc(CN2C(=O)COc3ccc(C(=O)COc4cccc(OC)c4)cc32)o1. The van der Waals surface area contributed by atoms with E-state index in [0.717, 1.165) is 6.42 Å². The number of ketones is 1. The molecule has 2 heterocycles. The van der Waals surface area contributed by atoms with Crippen LogP contribution in [0.5, 0.6) is 17.2 Å². The first-order chi connectivity index (χ1) is 17.4. The van der Waals surface area contributed by atoms with E-state index in [1.54, 1.807) is 61.7 Å². The van der Waals surface area contributed by atoms with Gasteiger partial charge in [0.05, 0.1) is 19.3 Å². The number of carbonyl (C=O) groups excluding carboxylic acids is 3. The molecule has 2 aromatic carbocycles. The number of hydrogen-bond acceptors (Lipinski definition) is 7. The van der Waals surface area contributed by atoms with Crippen molar-refractivity contribution in [1.82, 2.24) is 5.32 Å². The van der Waals surface area contributed by atoms with Crippen LogP contribution in [0.1, 0.15) is 46.9 Å². The van der Waals surface area contributed by atoms with Crippen molar-refractivity contribution in [3.63, 3.8) is 0 Å². The number of anilines is 1. The fourth-order valence-corrected chi connectivity index (χ4v) is 3.61. The Kier molecular flexibility index (Phi) is 7.58. The summed E-state index contributed by atoms with van der Waals surface area (Å²) in [4.78, 5) is 39.3. The number of fused-ring (bicyclic) bond motifs is 1. The topological polar surface area (TPSA) is 107 Å². The summed E-state index contributed by atoms with van der Waals surface area (Å²) >= 11 is 0. The van der Waals surface area contributed by atoms with Gasteiger partial charge in [-0.25, -0.2) is 0 Å². The molecule has 0 aliphatic carbocycles. The van der Waals surface area contributed by atoms with E-state index in [0.29, 0.717) is 34.3 Å². The Labute approximate surface area is 208 Å². The lowest BCUT2D eigenvalue weighted by molar-refractivity contribution is -0.121. The Hall–Kier alpha value is -4.27. The largest absolute Gasteiger partial charge is 0.497 e. The zero-order chi connectivity index (χ0) is 25.7. The molecular weight excluding hydrogens is 464 g/mol. The summed E-state index contributed by atoms with van der Waals surface area (Å²) in [6, 6.07) is 15.1. The fourth-order valence-electron chi connectivity index (χ4n) is 3.61. The number of carbonyl (C=O) groups is 3. The molecule has 3 aromatic rings. The van der Waals surface area contributed by atoms with Crippen molar-refractivity contribution >= 4 is 23.3 Å². The Morgan fingerprint density at radius 2 is 1.92 bits per heavy atom. The molecule has 0 saturated carbocycles. The van der Waals surface area contributed by atoms with E-state index < -0.39 is 0 Å². The van der Waals surface area contributed by atoms with Gasteiger partial charge >= 0.3 is 0 Å². The Morgan fingerprint density at radius 1 is 1.11 bits per heavy atom. The number of nitrogens with one attached hydrogen (secondary N) is 1. The van der Waals surface area contributed by atoms with Crippen LogP contribution in [-0.4, -0.2) is 44.0 Å². The van der Waals surface area contributed by atoms with E-state index >= 15 is 0 Å². The molecule has 4 rings (SSSR count). The average molecular weight is 493 g/mol. The fraction of sp³-hybridized carbons (Fsp3) is 0.296. The molecular formula is C27H28N2O7. The van der Waals surface area contributed by atoms with Crippen molar-refractivity contribution in [2.75, 3.05) is 25.2 Å². The third kappa shape index (κ3) is 5.68. The maximum Gasteiger partial charge on any atom is 0.287 e. The van der Waals surface area contributed by atoms with Crippen molar-refractivity contribution in [1.29, 1.82) is 0 Å². The maximum absolute atomic E-state index is 12.8. The van der Waals surface area contributed by atoms with Crippen LogP contribution in [0.3, 0.4) is 0 Å². The standard InChI is InChI=1S/C27H28N2O7/c1-4-17(2)28-27(32)25-11-9-21(36-25)14-29-22-12-18(8-10-24(22)35-16-26(29)31)23(30)15-34-20-7-5-6-19(13-20)33-3/h5-13,17H,4,14-16H2,1-3H3,(H,28,32). The quantitative estimate of drug-likeness (QED) is 0.426. The first-order valence-corrected chi connectivity index (χ1v) is 11.6. The molecule has 0 radical (unpaired) electrons. The van der Waals surface area contributed by atoms with Crippen LogP contribution in [0.4, 0.5) is 5.69 Å². The van der Waals surface area contributed by atoms with Crippen LogP contribution in [0.2, 0.25) is 0 Å². The molecule has 1 aliphatic heterocycles.